The molecule has 2 aromatic rings. The third kappa shape index (κ3) is 3.28. The molecule has 0 radical (unpaired) electrons. The number of benzene rings is 2. The zero-order valence-electron chi connectivity index (χ0n) is 10.0. The van der Waals surface area contributed by atoms with Gasteiger partial charge in [0.1, 0.15) is 0 Å². The normalized spacial score (nSPS) is 11.1. The first-order valence-corrected chi connectivity index (χ1v) is 8.05. The third-order valence-corrected chi connectivity index (χ3v) is 4.84. The van der Waals surface area contributed by atoms with Crippen molar-refractivity contribution in [3.63, 3.8) is 0 Å². The van der Waals surface area contributed by atoms with E-state index in [1.807, 2.05) is 22.6 Å². The molecule has 0 heterocycles. The quantitative estimate of drug-likeness (QED) is 0.785. The van der Waals surface area contributed by atoms with E-state index in [4.69, 9.17) is 0 Å². The third-order valence-electron chi connectivity index (χ3n) is 2.52. The minimum atomic E-state index is -3.75. The average molecular weight is 402 g/mol. The van der Waals surface area contributed by atoms with Crippen molar-refractivity contribution in [1.82, 2.24) is 0 Å². The van der Waals surface area contributed by atoms with Crippen LogP contribution in [0.4, 0.5) is 5.69 Å². The van der Waals surface area contributed by atoms with Crippen LogP contribution in [-0.2, 0) is 10.0 Å². The summed E-state index contributed by atoms with van der Waals surface area (Å²) in [7, 11) is -3.75. The van der Waals surface area contributed by atoms with Crippen LogP contribution in [0.15, 0.2) is 53.4 Å². The van der Waals surface area contributed by atoms with E-state index in [2.05, 4.69) is 4.72 Å². The second-order valence-electron chi connectivity index (χ2n) is 3.90. The Kier molecular flexibility index (Phi) is 4.29. The molecule has 20 heavy (non-hydrogen) atoms. The Bertz CT molecular complexity index is 741. The van der Waals surface area contributed by atoms with E-state index >= 15 is 0 Å². The number of carboxylic acids is 1. The lowest BCUT2D eigenvalue weighted by Crippen LogP contribution is -2.22. The van der Waals surface area contributed by atoms with Crippen molar-refractivity contribution in [2.75, 3.05) is 4.72 Å². The molecular formula is C13H9INO4S-. The molecule has 2 aromatic carbocycles. The maximum Gasteiger partial charge on any atom is 0.261 e. The van der Waals surface area contributed by atoms with Crippen LogP contribution in [0.5, 0.6) is 0 Å². The standard InChI is InChI=1S/C13H10INO4S/c14-11-3-1-2-4-12(11)15-20(18,19)10-7-5-9(6-8-10)13(16)17/h1-8,15H,(H,16,17)/p-1. The lowest BCUT2D eigenvalue weighted by atomic mass is 10.2. The summed E-state index contributed by atoms with van der Waals surface area (Å²) in [5.41, 5.74) is 0.398. The van der Waals surface area contributed by atoms with Gasteiger partial charge in [-0.1, -0.05) is 24.3 Å². The fraction of sp³-hybridized carbons (Fsp3) is 0. The SMILES string of the molecule is O=C([O-])c1ccc(S(=O)(=O)Nc2ccccc2I)cc1. The van der Waals surface area contributed by atoms with Gasteiger partial charge in [0.2, 0.25) is 0 Å². The van der Waals surface area contributed by atoms with E-state index in [-0.39, 0.29) is 10.5 Å². The molecule has 0 spiro atoms. The molecule has 0 atom stereocenters. The maximum absolute atomic E-state index is 12.2. The fourth-order valence-corrected chi connectivity index (χ4v) is 3.30. The molecule has 0 saturated heterocycles. The summed E-state index contributed by atoms with van der Waals surface area (Å²) in [4.78, 5) is 10.6. The summed E-state index contributed by atoms with van der Waals surface area (Å²) < 4.78 is 27.5. The van der Waals surface area contributed by atoms with Crippen LogP contribution >= 0.6 is 22.6 Å². The Morgan fingerprint density at radius 3 is 2.20 bits per heavy atom. The number of hydrogen-bond donors (Lipinski definition) is 1. The van der Waals surface area contributed by atoms with Crippen LogP contribution in [0.2, 0.25) is 0 Å². The summed E-state index contributed by atoms with van der Waals surface area (Å²) in [5.74, 6) is -1.35. The van der Waals surface area contributed by atoms with Crippen LogP contribution in [0, 0.1) is 3.57 Å². The van der Waals surface area contributed by atoms with Gasteiger partial charge in [-0.2, -0.15) is 0 Å². The number of carbonyl (C=O) groups is 1. The van der Waals surface area contributed by atoms with E-state index in [9.17, 15) is 18.3 Å². The number of para-hydroxylation sites is 1. The molecule has 0 aromatic heterocycles. The molecule has 5 nitrogen and oxygen atoms in total. The first-order chi connectivity index (χ1) is 9.40. The zero-order valence-corrected chi connectivity index (χ0v) is 13.0. The van der Waals surface area contributed by atoms with E-state index in [1.165, 1.54) is 24.3 Å². The number of carbonyl (C=O) groups excluding carboxylic acids is 1. The lowest BCUT2D eigenvalue weighted by molar-refractivity contribution is -0.255. The Morgan fingerprint density at radius 1 is 1.05 bits per heavy atom. The van der Waals surface area contributed by atoms with Crippen LogP contribution in [-0.4, -0.2) is 14.4 Å². The highest BCUT2D eigenvalue weighted by atomic mass is 127. The molecule has 0 fully saturated rings. The van der Waals surface area contributed by atoms with E-state index in [0.29, 0.717) is 5.69 Å². The molecule has 0 aliphatic carbocycles. The van der Waals surface area contributed by atoms with Gasteiger partial charge < -0.3 is 9.90 Å². The molecule has 0 amide bonds. The number of aromatic carboxylic acids is 1. The molecule has 0 saturated carbocycles. The predicted octanol–water partition coefficient (Wildman–Crippen LogP) is 1.46. The molecule has 0 aliphatic rings. The van der Waals surface area contributed by atoms with Crippen LogP contribution < -0.4 is 9.83 Å². The highest BCUT2D eigenvalue weighted by molar-refractivity contribution is 14.1. The fourth-order valence-electron chi connectivity index (χ4n) is 1.52. The highest BCUT2D eigenvalue weighted by Crippen LogP contribution is 2.21. The van der Waals surface area contributed by atoms with Gasteiger partial charge in [-0.05, 0) is 52.4 Å². The van der Waals surface area contributed by atoms with Gasteiger partial charge in [-0.3, -0.25) is 4.72 Å². The number of rotatable bonds is 4. The largest absolute Gasteiger partial charge is 0.545 e. The predicted molar refractivity (Wildman–Crippen MR) is 80.7 cm³/mol. The van der Waals surface area contributed by atoms with Crippen molar-refractivity contribution in [3.05, 3.63) is 57.7 Å². The number of halogens is 1. The van der Waals surface area contributed by atoms with Crippen LogP contribution in [0.3, 0.4) is 0 Å². The number of hydrogen-bond acceptors (Lipinski definition) is 4. The summed E-state index contributed by atoms with van der Waals surface area (Å²) in [6.45, 7) is 0. The summed E-state index contributed by atoms with van der Waals surface area (Å²) >= 11 is 2.02. The van der Waals surface area contributed by atoms with Gasteiger partial charge in [0.25, 0.3) is 10.0 Å². The van der Waals surface area contributed by atoms with E-state index < -0.39 is 16.0 Å². The van der Waals surface area contributed by atoms with Gasteiger partial charge in [-0.15, -0.1) is 0 Å². The molecule has 2 rings (SSSR count). The molecular weight excluding hydrogens is 393 g/mol. The van der Waals surface area contributed by atoms with Crippen molar-refractivity contribution in [2.24, 2.45) is 0 Å². The summed E-state index contributed by atoms with van der Waals surface area (Å²) in [6, 6.07) is 11.8. The molecule has 104 valence electrons. The zero-order chi connectivity index (χ0) is 14.8. The second-order valence-corrected chi connectivity index (χ2v) is 6.74. The first-order valence-electron chi connectivity index (χ1n) is 5.49. The number of carboxylic acid groups (broad SMARTS) is 1. The van der Waals surface area contributed by atoms with Gasteiger partial charge in [0.15, 0.2) is 0 Å². The molecule has 7 heteroatoms. The smallest absolute Gasteiger partial charge is 0.261 e. The lowest BCUT2D eigenvalue weighted by Gasteiger charge is -2.10. The van der Waals surface area contributed by atoms with Gasteiger partial charge >= 0.3 is 0 Å². The Morgan fingerprint density at radius 2 is 1.65 bits per heavy atom. The second kappa shape index (κ2) is 5.80. The van der Waals surface area contributed by atoms with Gasteiger partial charge in [-0.25, -0.2) is 8.42 Å². The number of anilines is 1. The van der Waals surface area contributed by atoms with Crippen LogP contribution in [0.25, 0.3) is 0 Å². The summed E-state index contributed by atoms with van der Waals surface area (Å²) in [5, 5.41) is 10.6. The van der Waals surface area contributed by atoms with Crippen molar-refractivity contribution in [1.29, 1.82) is 0 Å². The number of sulfonamides is 1. The van der Waals surface area contributed by atoms with E-state index in [1.54, 1.807) is 24.3 Å². The van der Waals surface area contributed by atoms with Crippen LogP contribution in [0.1, 0.15) is 10.4 Å². The Hall–Kier alpha value is -1.61. The Labute approximate surface area is 129 Å². The molecule has 0 bridgehead atoms. The Balaban J connectivity index is 2.31. The number of nitrogens with one attached hydrogen (secondary N) is 1. The van der Waals surface area contributed by atoms with Crippen molar-refractivity contribution < 1.29 is 18.3 Å². The van der Waals surface area contributed by atoms with Crippen molar-refractivity contribution in [2.45, 2.75) is 4.90 Å². The molecule has 0 unspecified atom stereocenters. The van der Waals surface area contributed by atoms with Gasteiger partial charge in [0, 0.05) is 3.57 Å². The molecule has 0 aliphatic heterocycles. The van der Waals surface area contributed by atoms with Gasteiger partial charge in [0.05, 0.1) is 16.6 Å². The maximum atomic E-state index is 12.2. The van der Waals surface area contributed by atoms with Crippen molar-refractivity contribution >= 4 is 44.3 Å². The monoisotopic (exact) mass is 402 g/mol. The summed E-state index contributed by atoms with van der Waals surface area (Å²) in [6.07, 6.45) is 0. The topological polar surface area (TPSA) is 86.3 Å². The minimum Gasteiger partial charge on any atom is -0.545 e. The first kappa shape index (κ1) is 14.8. The minimum absolute atomic E-state index is 0.0119. The highest BCUT2D eigenvalue weighted by Gasteiger charge is 2.15. The average Bonchev–Trinajstić information content (AvgIpc) is 2.41. The van der Waals surface area contributed by atoms with Crippen molar-refractivity contribution in [3.8, 4) is 0 Å². The molecule has 1 N–H and O–H groups in total. The van der Waals surface area contributed by atoms with E-state index in [0.717, 1.165) is 3.57 Å².